The predicted octanol–water partition coefficient (Wildman–Crippen LogP) is 0.828. The molecule has 2 fully saturated rings. The van der Waals surface area contributed by atoms with E-state index in [9.17, 15) is 4.79 Å². The van der Waals surface area contributed by atoms with Gasteiger partial charge in [-0.25, -0.2) is 0 Å². The van der Waals surface area contributed by atoms with Gasteiger partial charge < -0.3 is 15.5 Å². The van der Waals surface area contributed by atoms with Crippen molar-refractivity contribution in [2.75, 3.05) is 52.6 Å². The summed E-state index contributed by atoms with van der Waals surface area (Å²) in [5, 5.41) is 7.06. The number of aliphatic imine (C=N–C) groups is 1. The molecule has 0 bridgehead atoms. The Hall–Kier alpha value is -0.220. The summed E-state index contributed by atoms with van der Waals surface area (Å²) in [6, 6.07) is 0.454. The fourth-order valence-corrected chi connectivity index (χ4v) is 2.72. The lowest BCUT2D eigenvalue weighted by Crippen LogP contribution is -2.54. The molecule has 0 radical (unpaired) electrons. The molecule has 2 aliphatic rings. The van der Waals surface area contributed by atoms with Crippen molar-refractivity contribution < 1.29 is 4.79 Å². The molecular formula is C15H30IN5OS. The van der Waals surface area contributed by atoms with Crippen molar-refractivity contribution in [3.05, 3.63) is 0 Å². The van der Waals surface area contributed by atoms with Crippen LogP contribution in [0.4, 0.5) is 0 Å². The number of nitrogens with zero attached hydrogens (tertiary/aromatic N) is 3. The monoisotopic (exact) mass is 455 g/mol. The van der Waals surface area contributed by atoms with Gasteiger partial charge >= 0.3 is 0 Å². The number of carbonyl (C=O) groups excluding carboxylic acids is 1. The highest BCUT2D eigenvalue weighted by molar-refractivity contribution is 14.0. The smallest absolute Gasteiger partial charge is 0.234 e. The molecule has 1 aliphatic carbocycles. The van der Waals surface area contributed by atoms with Crippen LogP contribution in [0.2, 0.25) is 0 Å². The Labute approximate surface area is 161 Å². The molecule has 6 nitrogen and oxygen atoms in total. The van der Waals surface area contributed by atoms with E-state index in [1.165, 1.54) is 0 Å². The van der Waals surface area contributed by atoms with Crippen molar-refractivity contribution in [2.24, 2.45) is 4.99 Å². The molecule has 0 aromatic heterocycles. The van der Waals surface area contributed by atoms with Crippen molar-refractivity contribution >= 4 is 47.6 Å². The highest BCUT2D eigenvalue weighted by atomic mass is 127. The van der Waals surface area contributed by atoms with E-state index in [1.807, 2.05) is 18.8 Å². The van der Waals surface area contributed by atoms with Crippen LogP contribution in [-0.2, 0) is 4.79 Å². The summed E-state index contributed by atoms with van der Waals surface area (Å²) in [6.45, 7) is 7.33. The normalized spacial score (nSPS) is 20.7. The number of hydrogen-bond acceptors (Lipinski definition) is 4. The van der Waals surface area contributed by atoms with Gasteiger partial charge in [0.25, 0.3) is 0 Å². The third-order valence-electron chi connectivity index (χ3n) is 4.14. The maximum atomic E-state index is 11.8. The molecule has 2 rings (SSSR count). The Kier molecular flexibility index (Phi) is 9.60. The number of thioether (sulfide) groups is 1. The van der Waals surface area contributed by atoms with Gasteiger partial charge in [-0.05, 0) is 19.1 Å². The number of rotatable bonds is 6. The van der Waals surface area contributed by atoms with Gasteiger partial charge in [0.15, 0.2) is 5.96 Å². The van der Waals surface area contributed by atoms with E-state index >= 15 is 0 Å². The Morgan fingerprint density at radius 1 is 1.30 bits per heavy atom. The minimum absolute atomic E-state index is 0. The van der Waals surface area contributed by atoms with Crippen LogP contribution in [0.3, 0.4) is 0 Å². The van der Waals surface area contributed by atoms with E-state index in [1.54, 1.807) is 0 Å². The van der Waals surface area contributed by atoms with Crippen LogP contribution in [0, 0.1) is 0 Å². The third-order valence-corrected chi connectivity index (χ3v) is 5.11. The average Bonchev–Trinajstić information content (AvgIpc) is 3.32. The number of piperazine rings is 1. The van der Waals surface area contributed by atoms with Crippen LogP contribution < -0.4 is 10.6 Å². The standard InChI is InChI=1S/C15H29N5OS.HI/c1-12(22-3)10-17-15(16-2)20-8-6-19(7-9-20)11-14(21)18-13-4-5-13;/h12-13H,4-11H2,1-3H3,(H,16,17)(H,18,21);1H. The molecule has 0 aromatic rings. The number of amides is 1. The topological polar surface area (TPSA) is 60.0 Å². The number of halogens is 1. The van der Waals surface area contributed by atoms with Gasteiger partial charge in [-0.2, -0.15) is 11.8 Å². The summed E-state index contributed by atoms with van der Waals surface area (Å²) in [7, 11) is 1.83. The Morgan fingerprint density at radius 2 is 1.96 bits per heavy atom. The minimum Gasteiger partial charge on any atom is -0.355 e. The van der Waals surface area contributed by atoms with E-state index in [0.717, 1.165) is 51.5 Å². The van der Waals surface area contributed by atoms with E-state index in [2.05, 4.69) is 38.6 Å². The molecule has 1 unspecified atom stereocenters. The summed E-state index contributed by atoms with van der Waals surface area (Å²) >= 11 is 1.85. The molecule has 0 spiro atoms. The largest absolute Gasteiger partial charge is 0.355 e. The first-order valence-corrected chi connectivity index (χ1v) is 9.41. The first-order chi connectivity index (χ1) is 10.6. The highest BCUT2D eigenvalue weighted by Crippen LogP contribution is 2.18. The zero-order chi connectivity index (χ0) is 15.9. The molecule has 1 heterocycles. The van der Waals surface area contributed by atoms with Gasteiger partial charge in [0.2, 0.25) is 5.91 Å². The number of hydrogen-bond donors (Lipinski definition) is 2. The second-order valence-corrected chi connectivity index (χ2v) is 7.36. The zero-order valence-corrected chi connectivity index (χ0v) is 17.5. The quantitative estimate of drug-likeness (QED) is 0.353. The maximum absolute atomic E-state index is 11.8. The van der Waals surface area contributed by atoms with Crippen LogP contribution in [0.15, 0.2) is 4.99 Å². The van der Waals surface area contributed by atoms with Gasteiger partial charge in [0, 0.05) is 51.1 Å². The lowest BCUT2D eigenvalue weighted by Gasteiger charge is -2.36. The van der Waals surface area contributed by atoms with Crippen LogP contribution in [0.1, 0.15) is 19.8 Å². The number of carbonyl (C=O) groups is 1. The zero-order valence-electron chi connectivity index (χ0n) is 14.4. The second kappa shape index (κ2) is 10.6. The SMILES string of the molecule is CN=C(NCC(C)SC)N1CCN(CC(=O)NC2CC2)CC1.I. The molecule has 1 atom stereocenters. The van der Waals surface area contributed by atoms with Crippen molar-refractivity contribution in [3.63, 3.8) is 0 Å². The molecule has 23 heavy (non-hydrogen) atoms. The minimum atomic E-state index is 0. The first-order valence-electron chi connectivity index (χ1n) is 8.12. The summed E-state index contributed by atoms with van der Waals surface area (Å²) < 4.78 is 0. The highest BCUT2D eigenvalue weighted by Gasteiger charge is 2.25. The van der Waals surface area contributed by atoms with Gasteiger partial charge in [-0.15, -0.1) is 24.0 Å². The van der Waals surface area contributed by atoms with Crippen LogP contribution >= 0.6 is 35.7 Å². The summed E-state index contributed by atoms with van der Waals surface area (Å²) in [4.78, 5) is 20.7. The van der Waals surface area contributed by atoms with Crippen molar-refractivity contribution in [3.8, 4) is 0 Å². The number of guanidine groups is 1. The molecular weight excluding hydrogens is 425 g/mol. The van der Waals surface area contributed by atoms with Crippen molar-refractivity contribution in [1.82, 2.24) is 20.4 Å². The van der Waals surface area contributed by atoms with Gasteiger partial charge in [-0.3, -0.25) is 14.7 Å². The Morgan fingerprint density at radius 3 is 2.48 bits per heavy atom. The Balaban J connectivity index is 0.00000264. The molecule has 134 valence electrons. The molecule has 1 saturated carbocycles. The van der Waals surface area contributed by atoms with Crippen molar-refractivity contribution in [2.45, 2.75) is 31.1 Å². The lowest BCUT2D eigenvalue weighted by atomic mass is 10.3. The molecule has 1 aliphatic heterocycles. The molecule has 8 heteroatoms. The van der Waals surface area contributed by atoms with Crippen LogP contribution in [0.25, 0.3) is 0 Å². The average molecular weight is 455 g/mol. The first kappa shape index (κ1) is 20.8. The predicted molar refractivity (Wildman–Crippen MR) is 109 cm³/mol. The van der Waals surface area contributed by atoms with Crippen LogP contribution in [-0.4, -0.2) is 85.5 Å². The van der Waals surface area contributed by atoms with Crippen molar-refractivity contribution in [1.29, 1.82) is 0 Å². The molecule has 1 saturated heterocycles. The fourth-order valence-electron chi connectivity index (χ4n) is 2.47. The molecule has 0 aromatic carbocycles. The van der Waals surface area contributed by atoms with E-state index in [0.29, 0.717) is 17.8 Å². The van der Waals surface area contributed by atoms with E-state index < -0.39 is 0 Å². The van der Waals surface area contributed by atoms with Gasteiger partial charge in [0.1, 0.15) is 0 Å². The van der Waals surface area contributed by atoms with E-state index in [4.69, 9.17) is 0 Å². The van der Waals surface area contributed by atoms with E-state index in [-0.39, 0.29) is 29.9 Å². The lowest BCUT2D eigenvalue weighted by molar-refractivity contribution is -0.122. The summed E-state index contributed by atoms with van der Waals surface area (Å²) in [5.74, 6) is 1.15. The maximum Gasteiger partial charge on any atom is 0.234 e. The summed E-state index contributed by atoms with van der Waals surface area (Å²) in [5.41, 5.74) is 0. The molecule has 1 amide bonds. The fraction of sp³-hybridized carbons (Fsp3) is 0.867. The van der Waals surface area contributed by atoms with Gasteiger partial charge in [-0.1, -0.05) is 6.92 Å². The second-order valence-electron chi connectivity index (χ2n) is 6.08. The summed E-state index contributed by atoms with van der Waals surface area (Å²) in [6.07, 6.45) is 4.42. The van der Waals surface area contributed by atoms with Gasteiger partial charge in [0.05, 0.1) is 6.54 Å². The third kappa shape index (κ3) is 7.47. The number of nitrogens with one attached hydrogen (secondary N) is 2. The Bertz CT molecular complexity index is 397. The molecule has 2 N–H and O–H groups in total. The van der Waals surface area contributed by atoms with Crippen LogP contribution in [0.5, 0.6) is 0 Å².